The molecule has 1 amide bonds. The Hall–Kier alpha value is -1.72. The summed E-state index contributed by atoms with van der Waals surface area (Å²) in [7, 11) is 0. The van der Waals surface area contributed by atoms with Crippen LogP contribution in [0, 0.1) is 5.82 Å². The Balaban J connectivity index is 1.43. The average molecular weight is 358 g/mol. The van der Waals surface area contributed by atoms with Crippen LogP contribution in [-0.2, 0) is 6.54 Å². The van der Waals surface area contributed by atoms with Crippen molar-refractivity contribution < 1.29 is 9.18 Å². The van der Waals surface area contributed by atoms with E-state index in [1.54, 1.807) is 18.2 Å². The molecule has 2 fully saturated rings. The fraction of sp³-hybridized carbons (Fsp3) is 0.450. The van der Waals surface area contributed by atoms with Gasteiger partial charge in [0.15, 0.2) is 0 Å². The van der Waals surface area contributed by atoms with E-state index < -0.39 is 5.82 Å². The van der Waals surface area contributed by atoms with Crippen molar-refractivity contribution in [1.82, 2.24) is 10.2 Å². The summed E-state index contributed by atoms with van der Waals surface area (Å²) >= 11 is 1.81. The predicted octanol–water partition coefficient (Wildman–Crippen LogP) is 4.20. The number of fused-ring (bicyclic) bond motifs is 2. The Morgan fingerprint density at radius 1 is 1.16 bits per heavy atom. The zero-order valence-corrected chi connectivity index (χ0v) is 15.0. The summed E-state index contributed by atoms with van der Waals surface area (Å²) < 4.78 is 13.8. The smallest absolute Gasteiger partial charge is 0.254 e. The first-order valence-electron chi connectivity index (χ1n) is 9.04. The van der Waals surface area contributed by atoms with Crippen LogP contribution in [-0.4, -0.2) is 28.9 Å². The number of nitrogens with one attached hydrogen (secondary N) is 1. The van der Waals surface area contributed by atoms with Crippen molar-refractivity contribution >= 4 is 17.2 Å². The maximum Gasteiger partial charge on any atom is 0.254 e. The zero-order chi connectivity index (χ0) is 17.2. The topological polar surface area (TPSA) is 32.3 Å². The fourth-order valence-corrected chi connectivity index (χ4v) is 5.06. The third-order valence-corrected chi connectivity index (χ3v) is 6.36. The lowest BCUT2D eigenvalue weighted by Crippen LogP contribution is -2.56. The lowest BCUT2D eigenvalue weighted by molar-refractivity contribution is 0.0184. The first-order chi connectivity index (χ1) is 12.2. The summed E-state index contributed by atoms with van der Waals surface area (Å²) in [6.07, 6.45) is 5.57. The molecule has 0 spiro atoms. The van der Waals surface area contributed by atoms with Crippen molar-refractivity contribution in [2.75, 3.05) is 0 Å². The minimum absolute atomic E-state index is 0.141. The van der Waals surface area contributed by atoms with Gasteiger partial charge in [0.05, 0.1) is 5.56 Å². The van der Waals surface area contributed by atoms with Gasteiger partial charge in [-0.15, -0.1) is 11.3 Å². The summed E-state index contributed by atoms with van der Waals surface area (Å²) in [6, 6.07) is 11.7. The summed E-state index contributed by atoms with van der Waals surface area (Å²) in [6.45, 7) is 1.01. The number of thiophene rings is 1. The van der Waals surface area contributed by atoms with E-state index in [-0.39, 0.29) is 17.5 Å². The van der Waals surface area contributed by atoms with Gasteiger partial charge >= 0.3 is 0 Å². The largest absolute Gasteiger partial charge is 0.349 e. The molecular formula is C20H23FN2OS. The predicted molar refractivity (Wildman–Crippen MR) is 98.2 cm³/mol. The molecule has 2 aliphatic heterocycles. The van der Waals surface area contributed by atoms with Crippen LogP contribution in [0.4, 0.5) is 4.39 Å². The second-order valence-electron chi connectivity index (χ2n) is 7.11. The van der Waals surface area contributed by atoms with Gasteiger partial charge in [0.1, 0.15) is 5.82 Å². The molecule has 0 aliphatic carbocycles. The van der Waals surface area contributed by atoms with E-state index in [0.717, 1.165) is 19.4 Å². The Bertz CT molecular complexity index is 719. The number of benzene rings is 1. The molecule has 3 heterocycles. The highest BCUT2D eigenvalue weighted by Gasteiger charge is 2.38. The Morgan fingerprint density at radius 2 is 1.92 bits per heavy atom. The van der Waals surface area contributed by atoms with E-state index in [1.165, 1.54) is 30.2 Å². The minimum atomic E-state index is -0.449. The lowest BCUT2D eigenvalue weighted by atomic mass is 9.81. The SMILES string of the molecule is O=C(NC1C[C@@H]2CCC[C@@H](C1)N2Cc1cccs1)c1ccccc1F. The van der Waals surface area contributed by atoms with Gasteiger partial charge in [0.2, 0.25) is 0 Å². The molecule has 132 valence electrons. The summed E-state index contributed by atoms with van der Waals surface area (Å²) in [5, 5.41) is 5.21. The number of nitrogens with zero attached hydrogens (tertiary/aromatic N) is 1. The van der Waals surface area contributed by atoms with Crippen molar-refractivity contribution in [3.8, 4) is 0 Å². The van der Waals surface area contributed by atoms with Crippen LogP contribution in [0.25, 0.3) is 0 Å². The first kappa shape index (κ1) is 16.7. The molecule has 0 unspecified atom stereocenters. The van der Waals surface area contributed by atoms with E-state index in [9.17, 15) is 9.18 Å². The molecule has 2 atom stereocenters. The van der Waals surface area contributed by atoms with Gasteiger partial charge in [-0.3, -0.25) is 9.69 Å². The van der Waals surface area contributed by atoms with Gasteiger partial charge in [0.25, 0.3) is 5.91 Å². The fourth-order valence-electron chi connectivity index (χ4n) is 4.35. The van der Waals surface area contributed by atoms with Gasteiger partial charge in [-0.05, 0) is 49.3 Å². The van der Waals surface area contributed by atoms with Crippen LogP contribution < -0.4 is 5.32 Å². The third-order valence-electron chi connectivity index (χ3n) is 5.50. The van der Waals surface area contributed by atoms with E-state index >= 15 is 0 Å². The van der Waals surface area contributed by atoms with E-state index in [4.69, 9.17) is 0 Å². The first-order valence-corrected chi connectivity index (χ1v) is 9.92. The minimum Gasteiger partial charge on any atom is -0.349 e. The highest BCUT2D eigenvalue weighted by molar-refractivity contribution is 7.09. The molecule has 25 heavy (non-hydrogen) atoms. The maximum atomic E-state index is 13.8. The van der Waals surface area contributed by atoms with Crippen LogP contribution in [0.2, 0.25) is 0 Å². The van der Waals surface area contributed by atoms with Crippen LogP contribution in [0.1, 0.15) is 47.3 Å². The molecule has 0 saturated carbocycles. The molecule has 5 heteroatoms. The maximum absolute atomic E-state index is 13.8. The number of rotatable bonds is 4. The van der Waals surface area contributed by atoms with Crippen LogP contribution in [0.3, 0.4) is 0 Å². The lowest BCUT2D eigenvalue weighted by Gasteiger charge is -2.49. The number of amides is 1. The number of carbonyl (C=O) groups excluding carboxylic acids is 1. The summed E-state index contributed by atoms with van der Waals surface area (Å²) in [5.41, 5.74) is 0.147. The quantitative estimate of drug-likeness (QED) is 0.888. The van der Waals surface area contributed by atoms with Crippen molar-refractivity contribution in [3.05, 3.63) is 58.0 Å². The van der Waals surface area contributed by atoms with E-state index in [2.05, 4.69) is 27.7 Å². The highest BCUT2D eigenvalue weighted by Crippen LogP contribution is 2.35. The van der Waals surface area contributed by atoms with Crippen molar-refractivity contribution in [2.45, 2.75) is 56.8 Å². The number of halogens is 1. The normalized spacial score (nSPS) is 26.4. The average Bonchev–Trinajstić information content (AvgIpc) is 3.09. The molecule has 0 radical (unpaired) electrons. The number of carbonyl (C=O) groups is 1. The van der Waals surface area contributed by atoms with Crippen LogP contribution in [0.5, 0.6) is 0 Å². The van der Waals surface area contributed by atoms with Gasteiger partial charge in [-0.25, -0.2) is 4.39 Å². The number of piperidine rings is 2. The number of hydrogen-bond donors (Lipinski definition) is 1. The molecule has 2 aromatic rings. The van der Waals surface area contributed by atoms with Gasteiger partial charge in [0, 0.05) is 29.5 Å². The molecule has 2 saturated heterocycles. The Morgan fingerprint density at radius 3 is 2.60 bits per heavy atom. The summed E-state index contributed by atoms with van der Waals surface area (Å²) in [5.74, 6) is -0.733. The van der Waals surface area contributed by atoms with Crippen molar-refractivity contribution in [2.24, 2.45) is 0 Å². The molecule has 3 nitrogen and oxygen atoms in total. The molecule has 2 aliphatic rings. The second kappa shape index (κ2) is 7.26. The number of hydrogen-bond acceptors (Lipinski definition) is 3. The molecule has 1 N–H and O–H groups in total. The molecule has 1 aromatic carbocycles. The van der Waals surface area contributed by atoms with Gasteiger partial charge in [-0.2, -0.15) is 0 Å². The summed E-state index contributed by atoms with van der Waals surface area (Å²) in [4.78, 5) is 16.5. The standard InChI is InChI=1S/C20H23FN2OS/c21-19-9-2-1-8-18(19)20(24)22-14-11-15-5-3-6-16(12-14)23(15)13-17-7-4-10-25-17/h1-2,4,7-10,14-16H,3,5-6,11-13H2,(H,22,24)/t15-,16-/m0/s1. The third kappa shape index (κ3) is 3.62. The molecular weight excluding hydrogens is 335 g/mol. The molecule has 1 aromatic heterocycles. The van der Waals surface area contributed by atoms with Crippen LogP contribution in [0.15, 0.2) is 41.8 Å². The van der Waals surface area contributed by atoms with Crippen molar-refractivity contribution in [3.63, 3.8) is 0 Å². The zero-order valence-electron chi connectivity index (χ0n) is 14.2. The molecule has 4 rings (SSSR count). The van der Waals surface area contributed by atoms with E-state index in [1.807, 2.05) is 11.3 Å². The van der Waals surface area contributed by atoms with E-state index in [0.29, 0.717) is 12.1 Å². The van der Waals surface area contributed by atoms with Crippen molar-refractivity contribution in [1.29, 1.82) is 0 Å². The van der Waals surface area contributed by atoms with Gasteiger partial charge in [-0.1, -0.05) is 24.6 Å². The van der Waals surface area contributed by atoms with Crippen LogP contribution >= 0.6 is 11.3 Å². The Kier molecular flexibility index (Phi) is 4.86. The van der Waals surface area contributed by atoms with Gasteiger partial charge < -0.3 is 5.32 Å². The second-order valence-corrected chi connectivity index (χ2v) is 8.14. The highest BCUT2D eigenvalue weighted by atomic mass is 32.1. The molecule has 2 bridgehead atoms. The Labute approximate surface area is 151 Å². The monoisotopic (exact) mass is 358 g/mol.